The number of fused-ring (bicyclic) bond motifs is 2. The first kappa shape index (κ1) is 24.5. The monoisotopic (exact) mass is 513 g/mol. The molecule has 2 aromatic carbocycles. The Bertz CT molecular complexity index is 1700. The third kappa shape index (κ3) is 4.89. The molecule has 0 saturated heterocycles. The van der Waals surface area contributed by atoms with Crippen LogP contribution in [0.2, 0.25) is 0 Å². The van der Waals surface area contributed by atoms with Crippen LogP contribution in [0.5, 0.6) is 5.88 Å². The van der Waals surface area contributed by atoms with Crippen LogP contribution in [0, 0.1) is 6.92 Å². The Labute approximate surface area is 215 Å². The van der Waals surface area contributed by atoms with E-state index < -0.39 is 23.8 Å². The number of carboxylic acid groups (broad SMARTS) is 1. The number of amides is 2. The Morgan fingerprint density at radius 3 is 2.53 bits per heavy atom. The molecule has 11 heteroatoms. The zero-order chi connectivity index (χ0) is 27.0. The SMILES string of the molecule is Cc1cc2cc(CNC(=O)c3cc(C(=O)N[C@@H](C)c4ccc(C(=O)O)cc4)n4cc(O)nc4n3)ccc2o1. The van der Waals surface area contributed by atoms with Gasteiger partial charge in [-0.2, -0.15) is 4.98 Å². The van der Waals surface area contributed by atoms with E-state index >= 15 is 0 Å². The number of aromatic nitrogens is 3. The van der Waals surface area contributed by atoms with E-state index in [2.05, 4.69) is 20.6 Å². The number of carbonyl (C=O) groups is 3. The fraction of sp³-hybridized carbons (Fsp3) is 0.148. The molecule has 0 unspecified atom stereocenters. The van der Waals surface area contributed by atoms with E-state index in [1.807, 2.05) is 31.2 Å². The highest BCUT2D eigenvalue weighted by Crippen LogP contribution is 2.21. The number of rotatable bonds is 7. The van der Waals surface area contributed by atoms with Crippen molar-refractivity contribution in [2.24, 2.45) is 0 Å². The molecule has 3 aromatic heterocycles. The summed E-state index contributed by atoms with van der Waals surface area (Å²) in [5.74, 6) is -1.70. The number of aromatic hydroxyl groups is 1. The average molecular weight is 514 g/mol. The van der Waals surface area contributed by atoms with E-state index in [-0.39, 0.29) is 35.2 Å². The van der Waals surface area contributed by atoms with E-state index in [4.69, 9.17) is 9.52 Å². The number of nitrogens with one attached hydrogen (secondary N) is 2. The smallest absolute Gasteiger partial charge is 0.335 e. The summed E-state index contributed by atoms with van der Waals surface area (Å²) in [5.41, 5.74) is 2.42. The van der Waals surface area contributed by atoms with Gasteiger partial charge in [-0.1, -0.05) is 18.2 Å². The number of furan rings is 1. The van der Waals surface area contributed by atoms with E-state index in [1.54, 1.807) is 19.1 Å². The fourth-order valence-corrected chi connectivity index (χ4v) is 4.12. The fourth-order valence-electron chi connectivity index (χ4n) is 4.12. The zero-order valence-electron chi connectivity index (χ0n) is 20.4. The quantitative estimate of drug-likeness (QED) is 0.257. The predicted octanol–water partition coefficient (Wildman–Crippen LogP) is 3.61. The molecule has 0 radical (unpaired) electrons. The van der Waals surface area contributed by atoms with Gasteiger partial charge >= 0.3 is 5.97 Å². The molecule has 4 N–H and O–H groups in total. The summed E-state index contributed by atoms with van der Waals surface area (Å²) in [7, 11) is 0. The summed E-state index contributed by atoms with van der Waals surface area (Å²) in [6.45, 7) is 3.82. The van der Waals surface area contributed by atoms with Crippen LogP contribution in [-0.2, 0) is 6.54 Å². The van der Waals surface area contributed by atoms with Crippen molar-refractivity contribution in [1.82, 2.24) is 25.0 Å². The summed E-state index contributed by atoms with van der Waals surface area (Å²) < 4.78 is 6.87. The van der Waals surface area contributed by atoms with E-state index in [9.17, 15) is 19.5 Å². The number of hydrogen-bond donors (Lipinski definition) is 4. The van der Waals surface area contributed by atoms with Gasteiger partial charge in [0.2, 0.25) is 11.7 Å². The molecule has 0 bridgehead atoms. The molecule has 3 heterocycles. The Morgan fingerprint density at radius 1 is 1.03 bits per heavy atom. The van der Waals surface area contributed by atoms with Gasteiger partial charge in [-0.3, -0.25) is 14.0 Å². The van der Waals surface area contributed by atoms with Crippen LogP contribution in [0.4, 0.5) is 0 Å². The first-order chi connectivity index (χ1) is 18.2. The largest absolute Gasteiger partial charge is 0.492 e. The second-order valence-corrected chi connectivity index (χ2v) is 8.83. The topological polar surface area (TPSA) is 159 Å². The Kier molecular flexibility index (Phi) is 6.25. The van der Waals surface area contributed by atoms with Crippen molar-refractivity contribution < 1.29 is 29.0 Å². The zero-order valence-corrected chi connectivity index (χ0v) is 20.4. The molecular weight excluding hydrogens is 490 g/mol. The van der Waals surface area contributed by atoms with E-state index in [1.165, 1.54) is 28.8 Å². The molecule has 0 aliphatic heterocycles. The van der Waals surface area contributed by atoms with Crippen LogP contribution >= 0.6 is 0 Å². The number of carboxylic acids is 1. The maximum Gasteiger partial charge on any atom is 0.335 e. The van der Waals surface area contributed by atoms with Gasteiger partial charge < -0.3 is 25.3 Å². The van der Waals surface area contributed by atoms with Crippen molar-refractivity contribution in [1.29, 1.82) is 0 Å². The lowest BCUT2D eigenvalue weighted by atomic mass is 10.1. The summed E-state index contributed by atoms with van der Waals surface area (Å²) in [6.07, 6.45) is 1.23. The van der Waals surface area contributed by atoms with E-state index in [0.717, 1.165) is 22.3 Å². The molecule has 11 nitrogen and oxygen atoms in total. The number of carbonyl (C=O) groups excluding carboxylic acids is 2. The first-order valence-corrected chi connectivity index (χ1v) is 11.7. The van der Waals surface area contributed by atoms with Gasteiger partial charge in [0.1, 0.15) is 22.7 Å². The average Bonchev–Trinajstić information content (AvgIpc) is 3.46. The summed E-state index contributed by atoms with van der Waals surface area (Å²) in [6, 6.07) is 14.5. The molecule has 0 saturated carbocycles. The third-order valence-corrected chi connectivity index (χ3v) is 6.06. The predicted molar refractivity (Wildman–Crippen MR) is 136 cm³/mol. The summed E-state index contributed by atoms with van der Waals surface area (Å²) in [5, 5.41) is 25.5. The second-order valence-electron chi connectivity index (χ2n) is 8.83. The molecule has 38 heavy (non-hydrogen) atoms. The number of nitrogens with zero attached hydrogens (tertiary/aromatic N) is 3. The van der Waals surface area contributed by atoms with Crippen molar-refractivity contribution in [3.05, 3.63) is 94.6 Å². The molecule has 5 aromatic rings. The molecule has 1 atom stereocenters. The third-order valence-electron chi connectivity index (χ3n) is 6.06. The Morgan fingerprint density at radius 2 is 1.79 bits per heavy atom. The minimum atomic E-state index is -1.05. The van der Waals surface area contributed by atoms with Crippen molar-refractivity contribution in [3.63, 3.8) is 0 Å². The maximum absolute atomic E-state index is 13.2. The number of benzene rings is 2. The second kappa shape index (κ2) is 9.69. The van der Waals surface area contributed by atoms with Crippen molar-refractivity contribution >= 4 is 34.5 Å². The molecule has 0 spiro atoms. The van der Waals surface area contributed by atoms with Gasteiger partial charge in [0.25, 0.3) is 11.8 Å². The molecular formula is C27H23N5O6. The van der Waals surface area contributed by atoms with Gasteiger partial charge in [0.15, 0.2) is 0 Å². The van der Waals surface area contributed by atoms with Gasteiger partial charge in [0, 0.05) is 11.9 Å². The molecule has 2 amide bonds. The number of aromatic carboxylic acids is 1. The lowest BCUT2D eigenvalue weighted by molar-refractivity contribution is 0.0696. The Balaban J connectivity index is 1.36. The highest BCUT2D eigenvalue weighted by Gasteiger charge is 2.20. The van der Waals surface area contributed by atoms with E-state index in [0.29, 0.717) is 5.56 Å². The van der Waals surface area contributed by atoms with Gasteiger partial charge in [-0.25, -0.2) is 9.78 Å². The lowest BCUT2D eigenvalue weighted by Crippen LogP contribution is -2.30. The molecule has 0 aliphatic carbocycles. The van der Waals surface area contributed by atoms with Crippen LogP contribution < -0.4 is 10.6 Å². The highest BCUT2D eigenvalue weighted by molar-refractivity contribution is 5.98. The van der Waals surface area contributed by atoms with Crippen LogP contribution in [0.3, 0.4) is 0 Å². The molecule has 5 rings (SSSR count). The Hall–Kier alpha value is -5.19. The molecule has 0 fully saturated rings. The molecule has 0 aliphatic rings. The van der Waals surface area contributed by atoms with Crippen molar-refractivity contribution in [2.75, 3.05) is 0 Å². The normalized spacial score (nSPS) is 11.9. The number of hydrogen-bond acceptors (Lipinski definition) is 7. The minimum absolute atomic E-state index is 0.0194. The highest BCUT2D eigenvalue weighted by atomic mass is 16.4. The van der Waals surface area contributed by atoms with Crippen LogP contribution in [0.15, 0.2) is 65.2 Å². The number of imidazole rings is 1. The van der Waals surface area contributed by atoms with Gasteiger partial charge in [-0.05, 0) is 61.4 Å². The first-order valence-electron chi connectivity index (χ1n) is 11.7. The summed E-state index contributed by atoms with van der Waals surface area (Å²) >= 11 is 0. The minimum Gasteiger partial charge on any atom is -0.492 e. The maximum atomic E-state index is 13.2. The number of aryl methyl sites for hydroxylation is 1. The summed E-state index contributed by atoms with van der Waals surface area (Å²) in [4.78, 5) is 45.4. The van der Waals surface area contributed by atoms with Crippen molar-refractivity contribution in [2.45, 2.75) is 26.4 Å². The standard InChI is InChI=1S/C27H23N5O6/c1-14-9-19-10-16(3-8-22(19)38-14)12-28-24(34)20-11-21(32-13-23(33)31-27(32)30-20)25(35)29-15(2)17-4-6-18(7-5-17)26(36)37/h3-11,13,15,33H,12H2,1-2H3,(H,28,34)(H,29,35)(H,36,37)/t15-/m0/s1. The van der Waals surface area contributed by atoms with Gasteiger partial charge in [-0.15, -0.1) is 0 Å². The van der Waals surface area contributed by atoms with Crippen molar-refractivity contribution in [3.8, 4) is 5.88 Å². The van der Waals surface area contributed by atoms with Crippen LogP contribution in [-0.4, -0.2) is 42.4 Å². The van der Waals surface area contributed by atoms with Crippen LogP contribution in [0.25, 0.3) is 16.7 Å². The van der Waals surface area contributed by atoms with Crippen LogP contribution in [0.1, 0.15) is 61.2 Å². The molecule has 192 valence electrons. The van der Waals surface area contributed by atoms with Gasteiger partial charge in [0.05, 0.1) is 17.8 Å². The lowest BCUT2D eigenvalue weighted by Gasteiger charge is -2.16.